The predicted molar refractivity (Wildman–Crippen MR) is 84.8 cm³/mol. The summed E-state index contributed by atoms with van der Waals surface area (Å²) < 4.78 is 0. The Morgan fingerprint density at radius 3 is 2.76 bits per heavy atom. The Morgan fingerprint density at radius 2 is 2.14 bits per heavy atom. The van der Waals surface area contributed by atoms with Gasteiger partial charge in [-0.3, -0.25) is 4.79 Å². The third kappa shape index (κ3) is 4.20. The number of benzene rings is 1. The van der Waals surface area contributed by atoms with Gasteiger partial charge in [0.25, 0.3) is 5.91 Å². The molecule has 0 saturated carbocycles. The molecular weight excluding hydrogens is 308 g/mol. The van der Waals surface area contributed by atoms with Crippen LogP contribution in [0.15, 0.2) is 47.6 Å². The molecule has 0 aliphatic rings. The van der Waals surface area contributed by atoms with E-state index in [1.54, 1.807) is 36.4 Å². The predicted octanol–water partition coefficient (Wildman–Crippen LogP) is 2.92. The van der Waals surface area contributed by atoms with Gasteiger partial charge in [0.1, 0.15) is 0 Å². The first-order valence-corrected chi connectivity index (χ1v) is 7.93. The van der Waals surface area contributed by atoms with Gasteiger partial charge in [-0.2, -0.15) is 0 Å². The fourth-order valence-electron chi connectivity index (χ4n) is 1.78. The molecule has 6 heteroatoms. The number of amides is 1. The Balaban J connectivity index is 1.95. The van der Waals surface area contributed by atoms with Gasteiger partial charge < -0.3 is 10.4 Å². The van der Waals surface area contributed by atoms with Gasteiger partial charge in [-0.25, -0.2) is 4.98 Å². The van der Waals surface area contributed by atoms with Gasteiger partial charge >= 0.3 is 0 Å². The Bertz CT molecular complexity index is 619. The molecule has 2 rings (SSSR count). The quantitative estimate of drug-likeness (QED) is 0.831. The molecule has 1 amide bonds. The largest absolute Gasteiger partial charge is 0.387 e. The van der Waals surface area contributed by atoms with Crippen molar-refractivity contribution in [3.8, 4) is 0 Å². The van der Waals surface area contributed by atoms with Crippen molar-refractivity contribution >= 4 is 29.3 Å². The van der Waals surface area contributed by atoms with Crippen LogP contribution in [0.25, 0.3) is 0 Å². The van der Waals surface area contributed by atoms with Crippen molar-refractivity contribution in [1.29, 1.82) is 0 Å². The second-order valence-electron chi connectivity index (χ2n) is 4.34. The molecule has 1 heterocycles. The van der Waals surface area contributed by atoms with E-state index < -0.39 is 6.10 Å². The molecule has 0 radical (unpaired) electrons. The summed E-state index contributed by atoms with van der Waals surface area (Å²) in [6.07, 6.45) is 2.59. The topological polar surface area (TPSA) is 62.2 Å². The molecule has 0 bridgehead atoms. The minimum absolute atomic E-state index is 0.0901. The van der Waals surface area contributed by atoms with Crippen LogP contribution in [-0.4, -0.2) is 28.8 Å². The number of nitrogens with one attached hydrogen (secondary N) is 1. The lowest BCUT2D eigenvalue weighted by Crippen LogP contribution is -2.28. The Labute approximate surface area is 132 Å². The molecule has 1 unspecified atom stereocenters. The number of carbonyl (C=O) groups is 1. The van der Waals surface area contributed by atoms with Gasteiger partial charge in [0.2, 0.25) is 0 Å². The standard InChI is InChI=1S/C15H15ClN2O2S/c1-21-14-7-6-10(8-17-14)15(20)18-9-13(19)11-4-2-3-5-12(11)16/h2-8,13,19H,9H2,1H3,(H,18,20). The van der Waals surface area contributed by atoms with Gasteiger partial charge in [-0.1, -0.05) is 29.8 Å². The summed E-state index contributed by atoms with van der Waals surface area (Å²) in [4.78, 5) is 16.1. The summed E-state index contributed by atoms with van der Waals surface area (Å²) in [7, 11) is 0. The van der Waals surface area contributed by atoms with Crippen molar-refractivity contribution < 1.29 is 9.90 Å². The van der Waals surface area contributed by atoms with Crippen molar-refractivity contribution in [3.05, 3.63) is 58.7 Å². The zero-order chi connectivity index (χ0) is 15.2. The SMILES string of the molecule is CSc1ccc(C(=O)NCC(O)c2ccccc2Cl)cn1. The van der Waals surface area contributed by atoms with E-state index in [0.29, 0.717) is 16.1 Å². The number of nitrogens with zero attached hydrogens (tertiary/aromatic N) is 1. The zero-order valence-electron chi connectivity index (χ0n) is 11.4. The Morgan fingerprint density at radius 1 is 1.38 bits per heavy atom. The minimum atomic E-state index is -0.846. The molecule has 0 aliphatic carbocycles. The van der Waals surface area contributed by atoms with Gasteiger partial charge in [-0.05, 0) is 24.5 Å². The van der Waals surface area contributed by atoms with Crippen LogP contribution in [0.4, 0.5) is 0 Å². The number of hydrogen-bond donors (Lipinski definition) is 2. The number of carbonyl (C=O) groups excluding carboxylic acids is 1. The van der Waals surface area contributed by atoms with Crippen molar-refractivity contribution in [2.24, 2.45) is 0 Å². The third-order valence-electron chi connectivity index (χ3n) is 2.93. The minimum Gasteiger partial charge on any atom is -0.387 e. The lowest BCUT2D eigenvalue weighted by atomic mass is 10.1. The molecule has 1 atom stereocenters. The molecule has 0 aliphatic heterocycles. The first-order chi connectivity index (χ1) is 10.1. The van der Waals surface area contributed by atoms with E-state index in [1.165, 1.54) is 18.0 Å². The highest BCUT2D eigenvalue weighted by molar-refractivity contribution is 7.98. The van der Waals surface area contributed by atoms with Gasteiger partial charge in [0.05, 0.1) is 16.7 Å². The van der Waals surface area contributed by atoms with Crippen LogP contribution in [0, 0.1) is 0 Å². The fraction of sp³-hybridized carbons (Fsp3) is 0.200. The maximum absolute atomic E-state index is 12.0. The Hall–Kier alpha value is -1.56. The molecule has 0 spiro atoms. The van der Waals surface area contributed by atoms with Crippen molar-refractivity contribution in [2.45, 2.75) is 11.1 Å². The highest BCUT2D eigenvalue weighted by Crippen LogP contribution is 2.21. The van der Waals surface area contributed by atoms with Crippen LogP contribution < -0.4 is 5.32 Å². The molecule has 2 aromatic rings. The lowest BCUT2D eigenvalue weighted by molar-refractivity contribution is 0.0916. The third-order valence-corrected chi connectivity index (χ3v) is 3.93. The maximum Gasteiger partial charge on any atom is 0.252 e. The molecule has 110 valence electrons. The lowest BCUT2D eigenvalue weighted by Gasteiger charge is -2.13. The number of thioether (sulfide) groups is 1. The zero-order valence-corrected chi connectivity index (χ0v) is 13.0. The van der Waals surface area contributed by atoms with E-state index in [0.717, 1.165) is 5.03 Å². The Kier molecular flexibility index (Phi) is 5.61. The number of halogens is 1. The van der Waals surface area contributed by atoms with Gasteiger partial charge in [0.15, 0.2) is 0 Å². The number of rotatable bonds is 5. The number of aliphatic hydroxyl groups is 1. The second kappa shape index (κ2) is 7.45. The molecule has 0 saturated heterocycles. The number of aromatic nitrogens is 1. The maximum atomic E-state index is 12.0. The summed E-state index contributed by atoms with van der Waals surface area (Å²) in [6.45, 7) is 0.0901. The molecule has 0 fully saturated rings. The van der Waals surface area contributed by atoms with E-state index in [-0.39, 0.29) is 12.5 Å². The summed E-state index contributed by atoms with van der Waals surface area (Å²) in [5.74, 6) is -0.277. The summed E-state index contributed by atoms with van der Waals surface area (Å²) >= 11 is 7.51. The number of pyridine rings is 1. The average Bonchev–Trinajstić information content (AvgIpc) is 2.52. The molecule has 21 heavy (non-hydrogen) atoms. The van der Waals surface area contributed by atoms with E-state index in [9.17, 15) is 9.90 Å². The molecular formula is C15H15ClN2O2S. The van der Waals surface area contributed by atoms with E-state index in [4.69, 9.17) is 11.6 Å². The van der Waals surface area contributed by atoms with Crippen LogP contribution in [0.3, 0.4) is 0 Å². The summed E-state index contributed by atoms with van der Waals surface area (Å²) in [5, 5.41) is 14.1. The van der Waals surface area contributed by atoms with Crippen molar-refractivity contribution in [2.75, 3.05) is 12.8 Å². The molecule has 2 N–H and O–H groups in total. The van der Waals surface area contributed by atoms with Crippen LogP contribution in [0.2, 0.25) is 5.02 Å². The van der Waals surface area contributed by atoms with Gasteiger partial charge in [-0.15, -0.1) is 11.8 Å². The van der Waals surface area contributed by atoms with Crippen LogP contribution in [0.5, 0.6) is 0 Å². The van der Waals surface area contributed by atoms with E-state index >= 15 is 0 Å². The molecule has 4 nitrogen and oxygen atoms in total. The van der Waals surface area contributed by atoms with E-state index in [1.807, 2.05) is 6.26 Å². The average molecular weight is 323 g/mol. The monoisotopic (exact) mass is 322 g/mol. The molecule has 1 aromatic heterocycles. The fourth-order valence-corrected chi connectivity index (χ4v) is 2.41. The normalized spacial score (nSPS) is 12.0. The van der Waals surface area contributed by atoms with Crippen LogP contribution >= 0.6 is 23.4 Å². The van der Waals surface area contributed by atoms with Crippen molar-refractivity contribution in [1.82, 2.24) is 10.3 Å². The second-order valence-corrected chi connectivity index (χ2v) is 5.57. The number of aliphatic hydroxyl groups excluding tert-OH is 1. The summed E-state index contributed by atoms with van der Waals surface area (Å²) in [6, 6.07) is 10.5. The van der Waals surface area contributed by atoms with E-state index in [2.05, 4.69) is 10.3 Å². The molecule has 1 aromatic carbocycles. The van der Waals surface area contributed by atoms with Crippen LogP contribution in [-0.2, 0) is 0 Å². The highest BCUT2D eigenvalue weighted by atomic mass is 35.5. The first-order valence-electron chi connectivity index (χ1n) is 6.32. The smallest absolute Gasteiger partial charge is 0.252 e. The highest BCUT2D eigenvalue weighted by Gasteiger charge is 2.13. The van der Waals surface area contributed by atoms with Gasteiger partial charge in [0, 0.05) is 23.3 Å². The first kappa shape index (κ1) is 15.8. The van der Waals surface area contributed by atoms with Crippen molar-refractivity contribution in [3.63, 3.8) is 0 Å². The summed E-state index contributed by atoms with van der Waals surface area (Å²) in [5.41, 5.74) is 1.05. The van der Waals surface area contributed by atoms with Crippen LogP contribution in [0.1, 0.15) is 22.0 Å². The number of hydrogen-bond acceptors (Lipinski definition) is 4.